The Hall–Kier alpha value is -1.36. The molecule has 0 aromatic heterocycles. The van der Waals surface area contributed by atoms with Gasteiger partial charge < -0.3 is 10.1 Å². The van der Waals surface area contributed by atoms with Crippen molar-refractivity contribution >= 4 is 17.5 Å². The molecule has 0 radical (unpaired) electrons. The van der Waals surface area contributed by atoms with Gasteiger partial charge >= 0.3 is 6.61 Å². The second-order valence-electron chi connectivity index (χ2n) is 4.68. The Kier molecular flexibility index (Phi) is 5.54. The lowest BCUT2D eigenvalue weighted by atomic mass is 10.0. The first-order valence-corrected chi connectivity index (χ1v) is 6.31. The highest BCUT2D eigenvalue weighted by Crippen LogP contribution is 2.17. The van der Waals surface area contributed by atoms with Gasteiger partial charge in [0.25, 0.3) is 5.91 Å². The van der Waals surface area contributed by atoms with E-state index >= 15 is 0 Å². The van der Waals surface area contributed by atoms with Gasteiger partial charge in [-0.3, -0.25) is 4.79 Å². The Bertz CT molecular complexity index is 438. The average molecular weight is 292 g/mol. The number of carbonyl (C=O) groups excluding carboxylic acids is 1. The summed E-state index contributed by atoms with van der Waals surface area (Å²) in [5, 5.41) is 2.79. The zero-order valence-corrected chi connectivity index (χ0v) is 11.5. The Morgan fingerprint density at radius 3 is 2.74 bits per heavy atom. The zero-order chi connectivity index (χ0) is 14.5. The Balaban J connectivity index is 2.77. The third-order valence-electron chi connectivity index (χ3n) is 2.49. The highest BCUT2D eigenvalue weighted by atomic mass is 35.5. The van der Waals surface area contributed by atoms with Crippen LogP contribution in [0.3, 0.4) is 0 Å². The van der Waals surface area contributed by atoms with Crippen molar-refractivity contribution in [1.29, 1.82) is 0 Å². The number of hydrogen-bond donors (Lipinski definition) is 1. The third kappa shape index (κ3) is 5.42. The molecule has 1 N–H and O–H groups in total. The lowest BCUT2D eigenvalue weighted by Crippen LogP contribution is -2.43. The van der Waals surface area contributed by atoms with Gasteiger partial charge in [-0.2, -0.15) is 8.78 Å². The maximum atomic E-state index is 12.1. The Morgan fingerprint density at radius 2 is 2.16 bits per heavy atom. The molecule has 0 saturated carbocycles. The van der Waals surface area contributed by atoms with E-state index in [2.05, 4.69) is 10.1 Å². The number of ether oxygens (including phenoxy) is 1. The molecule has 1 aromatic carbocycles. The van der Waals surface area contributed by atoms with Crippen molar-refractivity contribution in [2.75, 3.05) is 5.88 Å². The van der Waals surface area contributed by atoms with Gasteiger partial charge in [0, 0.05) is 17.0 Å². The fourth-order valence-electron chi connectivity index (χ4n) is 1.49. The number of amides is 1. The first kappa shape index (κ1) is 15.7. The maximum Gasteiger partial charge on any atom is 0.387 e. The van der Waals surface area contributed by atoms with Crippen LogP contribution < -0.4 is 10.1 Å². The Labute approximate surface area is 115 Å². The summed E-state index contributed by atoms with van der Waals surface area (Å²) in [6, 6.07) is 5.66. The van der Waals surface area contributed by atoms with Gasteiger partial charge in [0.05, 0.1) is 0 Å². The van der Waals surface area contributed by atoms with E-state index in [0.29, 0.717) is 12.3 Å². The number of halogens is 3. The zero-order valence-electron chi connectivity index (χ0n) is 10.8. The van der Waals surface area contributed by atoms with Crippen molar-refractivity contribution in [2.24, 2.45) is 0 Å². The number of nitrogens with one attached hydrogen (secondary N) is 1. The molecule has 0 heterocycles. The van der Waals surface area contributed by atoms with Crippen LogP contribution in [-0.2, 0) is 0 Å². The summed E-state index contributed by atoms with van der Waals surface area (Å²) in [4.78, 5) is 12.0. The van der Waals surface area contributed by atoms with E-state index in [9.17, 15) is 13.6 Å². The lowest BCUT2D eigenvalue weighted by molar-refractivity contribution is -0.0498. The number of hydrogen-bond acceptors (Lipinski definition) is 2. The van der Waals surface area contributed by atoms with Crippen molar-refractivity contribution in [3.05, 3.63) is 29.8 Å². The van der Waals surface area contributed by atoms with Crippen LogP contribution in [0.25, 0.3) is 0 Å². The molecule has 1 rings (SSSR count). The van der Waals surface area contributed by atoms with E-state index < -0.39 is 12.2 Å². The number of alkyl halides is 3. The van der Waals surface area contributed by atoms with E-state index in [1.165, 1.54) is 24.3 Å². The predicted octanol–water partition coefficient (Wildman–Crippen LogP) is 3.43. The second kappa shape index (κ2) is 6.70. The summed E-state index contributed by atoms with van der Waals surface area (Å²) in [5.74, 6) is 0.0228. The van der Waals surface area contributed by atoms with Gasteiger partial charge in [0.15, 0.2) is 0 Å². The molecule has 0 aliphatic heterocycles. The molecule has 0 unspecified atom stereocenters. The molecule has 1 amide bonds. The summed E-state index contributed by atoms with van der Waals surface area (Å²) in [6.07, 6.45) is 0.605. The molecule has 0 saturated heterocycles. The van der Waals surface area contributed by atoms with E-state index in [-0.39, 0.29) is 17.2 Å². The molecule has 19 heavy (non-hydrogen) atoms. The molecule has 0 atom stereocenters. The van der Waals surface area contributed by atoms with Gasteiger partial charge in [-0.05, 0) is 38.5 Å². The molecule has 0 fully saturated rings. The number of benzene rings is 1. The molecular weight excluding hydrogens is 276 g/mol. The highest BCUT2D eigenvalue weighted by Gasteiger charge is 2.20. The molecule has 6 heteroatoms. The summed E-state index contributed by atoms with van der Waals surface area (Å²) in [7, 11) is 0. The van der Waals surface area contributed by atoms with Crippen molar-refractivity contribution in [1.82, 2.24) is 5.32 Å². The van der Waals surface area contributed by atoms with Crippen molar-refractivity contribution in [2.45, 2.75) is 32.4 Å². The van der Waals surface area contributed by atoms with Gasteiger partial charge in [0.1, 0.15) is 5.75 Å². The average Bonchev–Trinajstić information content (AvgIpc) is 2.27. The molecule has 0 aliphatic rings. The second-order valence-corrected chi connectivity index (χ2v) is 5.06. The van der Waals surface area contributed by atoms with Crippen LogP contribution in [0.15, 0.2) is 24.3 Å². The van der Waals surface area contributed by atoms with Gasteiger partial charge in [0.2, 0.25) is 0 Å². The lowest BCUT2D eigenvalue weighted by Gasteiger charge is -2.25. The van der Waals surface area contributed by atoms with E-state index in [1.54, 1.807) is 0 Å². The van der Waals surface area contributed by atoms with E-state index in [1.807, 2.05) is 13.8 Å². The molecule has 0 spiro atoms. The minimum absolute atomic E-state index is 0.0437. The van der Waals surface area contributed by atoms with Gasteiger partial charge in [-0.1, -0.05) is 6.07 Å². The highest BCUT2D eigenvalue weighted by molar-refractivity contribution is 6.17. The smallest absolute Gasteiger partial charge is 0.387 e. The summed E-state index contributed by atoms with van der Waals surface area (Å²) in [6.45, 7) is 0.769. The van der Waals surface area contributed by atoms with Crippen LogP contribution >= 0.6 is 11.6 Å². The van der Waals surface area contributed by atoms with Crippen LogP contribution in [0, 0.1) is 0 Å². The van der Waals surface area contributed by atoms with Crippen molar-refractivity contribution in [3.8, 4) is 5.75 Å². The van der Waals surface area contributed by atoms with Crippen molar-refractivity contribution < 1.29 is 18.3 Å². The Morgan fingerprint density at radius 1 is 1.47 bits per heavy atom. The molecule has 0 aliphatic carbocycles. The molecule has 1 aromatic rings. The van der Waals surface area contributed by atoms with E-state index in [0.717, 1.165) is 0 Å². The monoisotopic (exact) mass is 291 g/mol. The topological polar surface area (TPSA) is 38.3 Å². The minimum Gasteiger partial charge on any atom is -0.435 e. The number of rotatable bonds is 6. The molecular formula is C13H16ClF2NO2. The molecule has 3 nitrogen and oxygen atoms in total. The third-order valence-corrected chi connectivity index (χ3v) is 2.68. The minimum atomic E-state index is -2.91. The van der Waals surface area contributed by atoms with Gasteiger partial charge in [-0.15, -0.1) is 11.6 Å². The van der Waals surface area contributed by atoms with Crippen LogP contribution in [0.5, 0.6) is 5.75 Å². The normalized spacial score (nSPS) is 11.5. The quantitative estimate of drug-likeness (QED) is 0.816. The van der Waals surface area contributed by atoms with Crippen LogP contribution in [-0.4, -0.2) is 23.9 Å². The maximum absolute atomic E-state index is 12.1. The summed E-state index contributed by atoms with van der Waals surface area (Å²) in [5.41, 5.74) is -0.195. The number of carbonyl (C=O) groups is 1. The molecule has 106 valence electrons. The van der Waals surface area contributed by atoms with Crippen LogP contribution in [0.4, 0.5) is 8.78 Å². The van der Waals surface area contributed by atoms with Gasteiger partial charge in [-0.25, -0.2) is 0 Å². The SMILES string of the molecule is CC(C)(CCCl)NC(=O)c1cccc(OC(F)F)c1. The fraction of sp³-hybridized carbons (Fsp3) is 0.462. The standard InChI is InChI=1S/C13H16ClF2NO2/c1-13(2,6-7-14)17-11(18)9-4-3-5-10(8-9)19-12(15)16/h3-5,8,12H,6-7H2,1-2H3,(H,17,18). The first-order valence-electron chi connectivity index (χ1n) is 5.77. The molecule has 0 bridgehead atoms. The van der Waals surface area contributed by atoms with Crippen LogP contribution in [0.2, 0.25) is 0 Å². The largest absolute Gasteiger partial charge is 0.435 e. The predicted molar refractivity (Wildman–Crippen MR) is 70.0 cm³/mol. The first-order chi connectivity index (χ1) is 8.84. The fourth-order valence-corrected chi connectivity index (χ4v) is 1.96. The van der Waals surface area contributed by atoms with E-state index in [4.69, 9.17) is 11.6 Å². The van der Waals surface area contributed by atoms with Crippen LogP contribution in [0.1, 0.15) is 30.6 Å². The summed E-state index contributed by atoms with van der Waals surface area (Å²) >= 11 is 5.64. The summed E-state index contributed by atoms with van der Waals surface area (Å²) < 4.78 is 28.4. The van der Waals surface area contributed by atoms with Crippen molar-refractivity contribution in [3.63, 3.8) is 0 Å².